The summed E-state index contributed by atoms with van der Waals surface area (Å²) in [4.78, 5) is 42.3. The fraction of sp³-hybridized carbons (Fsp3) is 0.182. The summed E-state index contributed by atoms with van der Waals surface area (Å²) in [6.45, 7) is 0.359. The molecule has 4 rings (SSSR count). The van der Waals surface area contributed by atoms with Crippen LogP contribution in [0.3, 0.4) is 0 Å². The predicted octanol–water partition coefficient (Wildman–Crippen LogP) is 2.60. The van der Waals surface area contributed by atoms with Crippen LogP contribution in [0.1, 0.15) is 15.9 Å². The van der Waals surface area contributed by atoms with Crippen LogP contribution in [0.25, 0.3) is 11.2 Å². The van der Waals surface area contributed by atoms with E-state index in [4.69, 9.17) is 0 Å². The average molecular weight is 438 g/mol. The van der Waals surface area contributed by atoms with Gasteiger partial charge in [-0.15, -0.1) is 0 Å². The van der Waals surface area contributed by atoms with E-state index in [0.29, 0.717) is 22.8 Å². The number of hydrogen-bond donors (Lipinski definition) is 0. The third kappa shape index (κ3) is 3.96. The summed E-state index contributed by atoms with van der Waals surface area (Å²) < 4.78 is 17.2. The van der Waals surface area contributed by atoms with Crippen molar-refractivity contribution >= 4 is 28.7 Å². The highest BCUT2D eigenvalue weighted by Gasteiger charge is 2.20. The summed E-state index contributed by atoms with van der Waals surface area (Å²) >= 11 is 1.17. The summed E-state index contributed by atoms with van der Waals surface area (Å²) in [5, 5.41) is 0.451. The first-order chi connectivity index (χ1) is 14.9. The number of hydrogen-bond acceptors (Lipinski definition) is 5. The van der Waals surface area contributed by atoms with Crippen LogP contribution in [0.15, 0.2) is 69.3 Å². The minimum atomic E-state index is -0.471. The second-order valence-corrected chi connectivity index (χ2v) is 8.01. The maximum absolute atomic E-state index is 13.1. The molecule has 4 aromatic rings. The Labute approximate surface area is 180 Å². The number of thioether (sulfide) groups is 1. The smallest absolute Gasteiger partial charge is 0.309 e. The first-order valence-corrected chi connectivity index (χ1v) is 10.5. The molecular weight excluding hydrogens is 419 g/mol. The van der Waals surface area contributed by atoms with E-state index >= 15 is 0 Å². The van der Waals surface area contributed by atoms with E-state index in [1.54, 1.807) is 11.6 Å². The molecular formula is C22H19FN4O3S. The van der Waals surface area contributed by atoms with Gasteiger partial charge in [0.05, 0.1) is 12.3 Å². The molecule has 0 radical (unpaired) electrons. The van der Waals surface area contributed by atoms with Gasteiger partial charge in [0.25, 0.3) is 5.56 Å². The van der Waals surface area contributed by atoms with Crippen molar-refractivity contribution in [3.63, 3.8) is 0 Å². The van der Waals surface area contributed by atoms with E-state index < -0.39 is 17.1 Å². The molecule has 0 N–H and O–H groups in total. The molecule has 0 saturated heterocycles. The van der Waals surface area contributed by atoms with Crippen molar-refractivity contribution in [1.82, 2.24) is 18.7 Å². The number of ketones is 1. The van der Waals surface area contributed by atoms with Crippen LogP contribution < -0.4 is 11.2 Å². The number of carbonyl (C=O) groups excluding carboxylic acids is 1. The SMILES string of the molecule is Cn1c(=O)c2c(nc(SCC(=O)c3ccc(F)cc3)n2Cc2ccccc2)n(C)c1=O. The monoisotopic (exact) mass is 438 g/mol. The molecule has 0 bridgehead atoms. The summed E-state index contributed by atoms with van der Waals surface area (Å²) in [6, 6.07) is 14.9. The molecule has 0 fully saturated rings. The number of aryl methyl sites for hydroxylation is 1. The second kappa shape index (κ2) is 8.35. The zero-order valence-electron chi connectivity index (χ0n) is 16.9. The Morgan fingerprint density at radius 2 is 1.68 bits per heavy atom. The van der Waals surface area contributed by atoms with Crippen LogP contribution in [-0.4, -0.2) is 30.2 Å². The van der Waals surface area contributed by atoms with E-state index in [1.807, 2.05) is 30.3 Å². The third-order valence-electron chi connectivity index (χ3n) is 5.00. The Kier molecular flexibility index (Phi) is 5.60. The quantitative estimate of drug-likeness (QED) is 0.342. The standard InChI is InChI=1S/C22H19FN4O3S/c1-25-19-18(20(29)26(2)22(25)30)27(12-14-6-4-3-5-7-14)21(24-19)31-13-17(28)15-8-10-16(23)11-9-15/h3-11H,12-13H2,1-2H3. The van der Waals surface area contributed by atoms with Gasteiger partial charge in [-0.3, -0.25) is 18.7 Å². The van der Waals surface area contributed by atoms with Gasteiger partial charge in [0.2, 0.25) is 0 Å². The van der Waals surface area contributed by atoms with E-state index in [-0.39, 0.29) is 17.2 Å². The van der Waals surface area contributed by atoms with Crippen molar-refractivity contribution in [1.29, 1.82) is 0 Å². The highest BCUT2D eigenvalue weighted by atomic mass is 32.2. The molecule has 7 nitrogen and oxygen atoms in total. The average Bonchev–Trinajstić information content (AvgIpc) is 3.14. The summed E-state index contributed by atoms with van der Waals surface area (Å²) in [7, 11) is 2.98. The zero-order chi connectivity index (χ0) is 22.1. The maximum atomic E-state index is 13.1. The van der Waals surface area contributed by atoms with Crippen molar-refractivity contribution < 1.29 is 9.18 Å². The molecule has 0 saturated carbocycles. The fourth-order valence-corrected chi connectivity index (χ4v) is 4.19. The number of Topliss-reactive ketones (excluding diaryl/α,β-unsaturated/α-hetero) is 1. The van der Waals surface area contributed by atoms with Crippen molar-refractivity contribution in [2.45, 2.75) is 11.7 Å². The molecule has 0 aliphatic carbocycles. The number of carbonyl (C=O) groups is 1. The molecule has 0 unspecified atom stereocenters. The summed E-state index contributed by atoms with van der Waals surface area (Å²) in [5.41, 5.74) is 0.984. The molecule has 0 spiro atoms. The van der Waals surface area contributed by atoms with Crippen molar-refractivity contribution in [2.75, 3.05) is 5.75 Å². The third-order valence-corrected chi connectivity index (χ3v) is 5.97. The molecule has 2 heterocycles. The number of rotatable bonds is 6. The zero-order valence-corrected chi connectivity index (χ0v) is 17.7. The van der Waals surface area contributed by atoms with Gasteiger partial charge in [-0.25, -0.2) is 14.2 Å². The molecule has 0 atom stereocenters. The Balaban J connectivity index is 1.77. The largest absolute Gasteiger partial charge is 0.332 e. The van der Waals surface area contributed by atoms with Gasteiger partial charge in [-0.05, 0) is 29.8 Å². The van der Waals surface area contributed by atoms with E-state index in [1.165, 1.54) is 47.6 Å². The normalized spacial score (nSPS) is 11.2. The van der Waals surface area contributed by atoms with Gasteiger partial charge in [-0.1, -0.05) is 42.1 Å². The van der Waals surface area contributed by atoms with Gasteiger partial charge >= 0.3 is 5.69 Å². The van der Waals surface area contributed by atoms with Crippen LogP contribution in [0, 0.1) is 5.82 Å². The van der Waals surface area contributed by atoms with Crippen molar-refractivity contribution in [3.05, 3.63) is 92.4 Å². The fourth-order valence-electron chi connectivity index (χ4n) is 3.30. The molecule has 0 amide bonds. The lowest BCUT2D eigenvalue weighted by atomic mass is 10.1. The van der Waals surface area contributed by atoms with Crippen molar-refractivity contribution in [2.24, 2.45) is 14.1 Å². The number of nitrogens with zero attached hydrogens (tertiary/aromatic N) is 4. The van der Waals surface area contributed by atoms with E-state index in [9.17, 15) is 18.8 Å². The van der Waals surface area contributed by atoms with Gasteiger partial charge in [0.1, 0.15) is 5.82 Å². The van der Waals surface area contributed by atoms with Crippen LogP contribution in [0.2, 0.25) is 0 Å². The highest BCUT2D eigenvalue weighted by Crippen LogP contribution is 2.24. The lowest BCUT2D eigenvalue weighted by Gasteiger charge is -2.09. The van der Waals surface area contributed by atoms with Gasteiger partial charge in [0, 0.05) is 19.7 Å². The number of halogens is 1. The number of fused-ring (bicyclic) bond motifs is 1. The van der Waals surface area contributed by atoms with Gasteiger partial charge in [0.15, 0.2) is 22.1 Å². The number of imidazole rings is 1. The van der Waals surface area contributed by atoms with Crippen molar-refractivity contribution in [3.8, 4) is 0 Å². The highest BCUT2D eigenvalue weighted by molar-refractivity contribution is 7.99. The maximum Gasteiger partial charge on any atom is 0.332 e. The Morgan fingerprint density at radius 1 is 1.00 bits per heavy atom. The van der Waals surface area contributed by atoms with E-state index in [0.717, 1.165) is 10.1 Å². The minimum absolute atomic E-state index is 0.0536. The molecule has 0 aliphatic heterocycles. The Morgan fingerprint density at radius 3 is 2.35 bits per heavy atom. The first-order valence-electron chi connectivity index (χ1n) is 9.48. The summed E-state index contributed by atoms with van der Waals surface area (Å²) in [5.74, 6) is -0.548. The van der Waals surface area contributed by atoms with Gasteiger partial charge < -0.3 is 4.57 Å². The minimum Gasteiger partial charge on any atom is -0.309 e. The molecule has 2 aromatic carbocycles. The predicted molar refractivity (Wildman–Crippen MR) is 117 cm³/mol. The van der Waals surface area contributed by atoms with Crippen LogP contribution in [0.5, 0.6) is 0 Å². The summed E-state index contributed by atoms with van der Waals surface area (Å²) in [6.07, 6.45) is 0. The lowest BCUT2D eigenvalue weighted by Crippen LogP contribution is -2.37. The molecule has 9 heteroatoms. The molecule has 31 heavy (non-hydrogen) atoms. The molecule has 2 aromatic heterocycles. The lowest BCUT2D eigenvalue weighted by molar-refractivity contribution is 0.102. The number of benzene rings is 2. The van der Waals surface area contributed by atoms with Crippen LogP contribution in [0.4, 0.5) is 4.39 Å². The topological polar surface area (TPSA) is 78.9 Å². The Bertz CT molecular complexity index is 1390. The molecule has 0 aliphatic rings. The van der Waals surface area contributed by atoms with Gasteiger partial charge in [-0.2, -0.15) is 0 Å². The van der Waals surface area contributed by atoms with Crippen LogP contribution in [-0.2, 0) is 20.6 Å². The number of aromatic nitrogens is 4. The first kappa shape index (κ1) is 20.8. The van der Waals surface area contributed by atoms with Crippen LogP contribution >= 0.6 is 11.8 Å². The second-order valence-electron chi connectivity index (χ2n) is 7.06. The van der Waals surface area contributed by atoms with E-state index in [2.05, 4.69) is 4.98 Å². The Hall–Kier alpha value is -3.46. The molecule has 158 valence electrons.